The van der Waals surface area contributed by atoms with Gasteiger partial charge in [0.1, 0.15) is 0 Å². The van der Waals surface area contributed by atoms with Crippen LogP contribution in [-0.4, -0.2) is 37.0 Å². The van der Waals surface area contributed by atoms with Gasteiger partial charge in [-0.15, -0.1) is 0 Å². The zero-order chi connectivity index (χ0) is 10.4. The monoisotopic (exact) mass is 201 g/mol. The number of rotatable bonds is 8. The second-order valence-electron chi connectivity index (χ2n) is 4.52. The molecule has 1 aliphatic carbocycles. The van der Waals surface area contributed by atoms with E-state index >= 15 is 0 Å². The van der Waals surface area contributed by atoms with Gasteiger partial charge < -0.3 is 15.2 Å². The molecule has 3 nitrogen and oxygen atoms in total. The fourth-order valence-corrected chi connectivity index (χ4v) is 1.31. The van der Waals surface area contributed by atoms with E-state index in [0.29, 0.717) is 19.2 Å². The SMILES string of the molecule is CC(C)NCC(O)COCCC1CC1. The Morgan fingerprint density at radius 1 is 1.43 bits per heavy atom. The Morgan fingerprint density at radius 3 is 2.71 bits per heavy atom. The molecule has 0 spiro atoms. The fourth-order valence-electron chi connectivity index (χ4n) is 1.31. The van der Waals surface area contributed by atoms with Gasteiger partial charge in [-0.2, -0.15) is 0 Å². The molecule has 0 bridgehead atoms. The Labute approximate surface area is 86.8 Å². The van der Waals surface area contributed by atoms with E-state index in [2.05, 4.69) is 19.2 Å². The van der Waals surface area contributed by atoms with Gasteiger partial charge in [0.15, 0.2) is 0 Å². The molecule has 0 heterocycles. The third kappa shape index (κ3) is 6.35. The standard InChI is InChI=1S/C11H23NO2/c1-9(2)12-7-11(13)8-14-6-5-10-3-4-10/h9-13H,3-8H2,1-2H3. The highest BCUT2D eigenvalue weighted by molar-refractivity contribution is 4.72. The van der Waals surface area contributed by atoms with Gasteiger partial charge in [-0.05, 0) is 12.3 Å². The van der Waals surface area contributed by atoms with Crippen LogP contribution < -0.4 is 5.32 Å². The van der Waals surface area contributed by atoms with Crippen molar-refractivity contribution in [2.24, 2.45) is 5.92 Å². The largest absolute Gasteiger partial charge is 0.389 e. The summed E-state index contributed by atoms with van der Waals surface area (Å²) in [5.41, 5.74) is 0. The van der Waals surface area contributed by atoms with Crippen molar-refractivity contribution in [3.8, 4) is 0 Å². The van der Waals surface area contributed by atoms with Crippen LogP contribution in [0.2, 0.25) is 0 Å². The van der Waals surface area contributed by atoms with E-state index in [1.54, 1.807) is 0 Å². The summed E-state index contributed by atoms with van der Waals surface area (Å²) in [6.45, 7) is 6.04. The van der Waals surface area contributed by atoms with Crippen LogP contribution in [0.15, 0.2) is 0 Å². The van der Waals surface area contributed by atoms with Crippen molar-refractivity contribution in [1.29, 1.82) is 0 Å². The zero-order valence-corrected chi connectivity index (χ0v) is 9.33. The Hall–Kier alpha value is -0.120. The summed E-state index contributed by atoms with van der Waals surface area (Å²) < 4.78 is 5.39. The van der Waals surface area contributed by atoms with Crippen molar-refractivity contribution in [3.63, 3.8) is 0 Å². The van der Waals surface area contributed by atoms with Gasteiger partial charge in [-0.25, -0.2) is 0 Å². The van der Waals surface area contributed by atoms with Crippen LogP contribution >= 0.6 is 0 Å². The predicted molar refractivity (Wildman–Crippen MR) is 57.3 cm³/mol. The van der Waals surface area contributed by atoms with Crippen molar-refractivity contribution in [2.75, 3.05) is 19.8 Å². The van der Waals surface area contributed by atoms with Crippen LogP contribution in [0.4, 0.5) is 0 Å². The maximum Gasteiger partial charge on any atom is 0.0897 e. The molecule has 3 heteroatoms. The molecule has 1 saturated carbocycles. The number of ether oxygens (including phenoxy) is 1. The summed E-state index contributed by atoms with van der Waals surface area (Å²) in [5.74, 6) is 0.918. The first-order valence-corrected chi connectivity index (χ1v) is 5.67. The van der Waals surface area contributed by atoms with Crippen molar-refractivity contribution in [2.45, 2.75) is 45.3 Å². The number of hydrogen-bond acceptors (Lipinski definition) is 3. The first-order chi connectivity index (χ1) is 6.68. The van der Waals surface area contributed by atoms with E-state index in [1.807, 2.05) is 0 Å². The van der Waals surface area contributed by atoms with Crippen LogP contribution in [-0.2, 0) is 4.74 Å². The summed E-state index contributed by atoms with van der Waals surface area (Å²) in [6.07, 6.45) is 3.56. The van der Waals surface area contributed by atoms with Gasteiger partial charge in [0, 0.05) is 19.2 Å². The number of aliphatic hydroxyl groups excluding tert-OH is 1. The zero-order valence-electron chi connectivity index (χ0n) is 9.33. The molecular weight excluding hydrogens is 178 g/mol. The molecule has 14 heavy (non-hydrogen) atoms. The molecule has 0 radical (unpaired) electrons. The lowest BCUT2D eigenvalue weighted by atomic mass is 10.3. The summed E-state index contributed by atoms with van der Waals surface area (Å²) in [7, 11) is 0. The minimum Gasteiger partial charge on any atom is -0.389 e. The minimum atomic E-state index is -0.364. The second-order valence-corrected chi connectivity index (χ2v) is 4.52. The van der Waals surface area contributed by atoms with E-state index < -0.39 is 0 Å². The molecule has 0 aromatic carbocycles. The van der Waals surface area contributed by atoms with Crippen molar-refractivity contribution >= 4 is 0 Å². The summed E-state index contributed by atoms with van der Waals surface area (Å²) >= 11 is 0. The van der Waals surface area contributed by atoms with Gasteiger partial charge >= 0.3 is 0 Å². The summed E-state index contributed by atoms with van der Waals surface area (Å²) in [4.78, 5) is 0. The van der Waals surface area contributed by atoms with Gasteiger partial charge in [-0.3, -0.25) is 0 Å². The molecular formula is C11H23NO2. The molecule has 84 valence electrons. The molecule has 1 unspecified atom stereocenters. The van der Waals surface area contributed by atoms with E-state index in [0.717, 1.165) is 12.5 Å². The van der Waals surface area contributed by atoms with E-state index in [-0.39, 0.29) is 6.10 Å². The highest BCUT2D eigenvalue weighted by atomic mass is 16.5. The predicted octanol–water partition coefficient (Wildman–Crippen LogP) is 1.16. The van der Waals surface area contributed by atoms with Crippen molar-refractivity contribution < 1.29 is 9.84 Å². The number of nitrogens with one attached hydrogen (secondary N) is 1. The lowest BCUT2D eigenvalue weighted by molar-refractivity contribution is 0.0338. The Bertz CT molecular complexity index is 146. The third-order valence-corrected chi connectivity index (χ3v) is 2.44. The molecule has 0 aromatic heterocycles. The Kier molecular flexibility index (Phi) is 5.45. The van der Waals surface area contributed by atoms with Crippen LogP contribution in [0.1, 0.15) is 33.1 Å². The Balaban J connectivity index is 1.83. The number of hydrogen-bond donors (Lipinski definition) is 2. The average Bonchev–Trinajstić information content (AvgIpc) is 2.92. The van der Waals surface area contributed by atoms with Crippen LogP contribution in [0.3, 0.4) is 0 Å². The molecule has 0 aliphatic heterocycles. The minimum absolute atomic E-state index is 0.364. The maximum absolute atomic E-state index is 9.49. The van der Waals surface area contributed by atoms with Crippen molar-refractivity contribution in [3.05, 3.63) is 0 Å². The normalized spacial score (nSPS) is 18.9. The Morgan fingerprint density at radius 2 is 2.14 bits per heavy atom. The summed E-state index contributed by atoms with van der Waals surface area (Å²) in [5, 5.41) is 12.7. The first-order valence-electron chi connectivity index (χ1n) is 5.67. The molecule has 1 rings (SSSR count). The topological polar surface area (TPSA) is 41.5 Å². The van der Waals surface area contributed by atoms with Gasteiger partial charge in [-0.1, -0.05) is 26.7 Å². The molecule has 2 N–H and O–H groups in total. The first kappa shape index (κ1) is 12.0. The lowest BCUT2D eigenvalue weighted by Gasteiger charge is -2.14. The third-order valence-electron chi connectivity index (χ3n) is 2.44. The smallest absolute Gasteiger partial charge is 0.0897 e. The van der Waals surface area contributed by atoms with Crippen LogP contribution in [0.5, 0.6) is 0 Å². The summed E-state index contributed by atoms with van der Waals surface area (Å²) in [6, 6.07) is 0.427. The molecule has 1 atom stereocenters. The van der Waals surface area contributed by atoms with Gasteiger partial charge in [0.2, 0.25) is 0 Å². The van der Waals surface area contributed by atoms with E-state index in [1.165, 1.54) is 19.3 Å². The second kappa shape index (κ2) is 6.38. The maximum atomic E-state index is 9.49. The fraction of sp³-hybridized carbons (Fsp3) is 1.00. The van der Waals surface area contributed by atoms with E-state index in [4.69, 9.17) is 4.74 Å². The lowest BCUT2D eigenvalue weighted by Crippen LogP contribution is -2.34. The highest BCUT2D eigenvalue weighted by Gasteiger charge is 2.20. The van der Waals surface area contributed by atoms with Crippen molar-refractivity contribution in [1.82, 2.24) is 5.32 Å². The highest BCUT2D eigenvalue weighted by Crippen LogP contribution is 2.31. The van der Waals surface area contributed by atoms with Crippen LogP contribution in [0.25, 0.3) is 0 Å². The van der Waals surface area contributed by atoms with E-state index in [9.17, 15) is 5.11 Å². The molecule has 1 aliphatic rings. The van der Waals surface area contributed by atoms with Gasteiger partial charge in [0.25, 0.3) is 0 Å². The quantitative estimate of drug-likeness (QED) is 0.579. The molecule has 0 saturated heterocycles. The average molecular weight is 201 g/mol. The van der Waals surface area contributed by atoms with Crippen LogP contribution in [0, 0.1) is 5.92 Å². The number of aliphatic hydroxyl groups is 1. The van der Waals surface area contributed by atoms with Gasteiger partial charge in [0.05, 0.1) is 12.7 Å². The molecule has 1 fully saturated rings. The molecule has 0 aromatic rings. The molecule has 0 amide bonds.